The number of nitrogens with two attached hydrogens (primary N) is 1. The summed E-state index contributed by atoms with van der Waals surface area (Å²) >= 11 is 0. The third-order valence-electron chi connectivity index (χ3n) is 2.82. The number of hydrogen-bond donors (Lipinski definition) is 3. The van der Waals surface area contributed by atoms with E-state index in [1.54, 1.807) is 12.1 Å². The van der Waals surface area contributed by atoms with Gasteiger partial charge >= 0.3 is 11.9 Å². The molecule has 9 nitrogen and oxygen atoms in total. The first kappa shape index (κ1) is 20.1. The molecule has 0 fully saturated rings. The van der Waals surface area contributed by atoms with Crippen molar-refractivity contribution in [1.82, 2.24) is 0 Å². The topological polar surface area (TPSA) is 183 Å². The Morgan fingerprint density at radius 3 is 1.74 bits per heavy atom. The lowest BCUT2D eigenvalue weighted by molar-refractivity contribution is -0.139. The standard InChI is InChI=1S/C9H4O3.C5H9NO4.H2O/c10-7-5-3-1-2-4-6(5)8(11)9(7)12;6-3(5(9)10)1-2-4(7)8;/h1-4H;3H,1-2,6H2,(H,7,8)(H,9,10);1H2/t;3-;/m.0./s1. The molecule has 1 atom stereocenters. The first-order valence-electron chi connectivity index (χ1n) is 6.18. The summed E-state index contributed by atoms with van der Waals surface area (Å²) in [5, 5.41) is 16.7. The third-order valence-corrected chi connectivity index (χ3v) is 2.82. The molecule has 9 heteroatoms. The van der Waals surface area contributed by atoms with Crippen molar-refractivity contribution >= 4 is 22.7 Å². The minimum absolute atomic E-state index is 0. The zero-order chi connectivity index (χ0) is 16.9. The van der Waals surface area contributed by atoms with Crippen LogP contribution in [0.25, 0.3) is 10.8 Å². The maximum Gasteiger partial charge on any atom is 0.320 e. The molecule has 0 saturated carbocycles. The molecular weight excluding hydrogens is 310 g/mol. The van der Waals surface area contributed by atoms with Crippen molar-refractivity contribution in [3.05, 3.63) is 54.9 Å². The molecule has 2 rings (SSSR count). The molecule has 0 unspecified atom stereocenters. The highest BCUT2D eigenvalue weighted by Gasteiger charge is 2.12. The number of hydrogen-bond acceptors (Lipinski definition) is 6. The van der Waals surface area contributed by atoms with Crippen LogP contribution in [0.2, 0.25) is 0 Å². The van der Waals surface area contributed by atoms with E-state index in [9.17, 15) is 24.0 Å². The number of carboxylic acids is 2. The molecule has 0 aliphatic heterocycles. The molecule has 124 valence electrons. The first-order valence-corrected chi connectivity index (χ1v) is 6.18. The molecule has 0 aliphatic rings. The molecule has 0 amide bonds. The van der Waals surface area contributed by atoms with Gasteiger partial charge in [0.05, 0.1) is 0 Å². The van der Waals surface area contributed by atoms with Crippen LogP contribution in [0.15, 0.2) is 38.6 Å². The second-order valence-electron chi connectivity index (χ2n) is 4.41. The first-order chi connectivity index (χ1) is 10.3. The van der Waals surface area contributed by atoms with E-state index in [1.807, 2.05) is 0 Å². The Labute approximate surface area is 128 Å². The van der Waals surface area contributed by atoms with Gasteiger partial charge in [0.15, 0.2) is 0 Å². The largest absolute Gasteiger partial charge is 0.481 e. The molecule has 6 N–H and O–H groups in total. The number of rotatable bonds is 4. The van der Waals surface area contributed by atoms with E-state index in [1.165, 1.54) is 12.1 Å². The van der Waals surface area contributed by atoms with Gasteiger partial charge in [-0.1, -0.05) is 24.3 Å². The van der Waals surface area contributed by atoms with Gasteiger partial charge in [0, 0.05) is 17.2 Å². The van der Waals surface area contributed by atoms with Crippen LogP contribution in [0.5, 0.6) is 0 Å². The summed E-state index contributed by atoms with van der Waals surface area (Å²) in [7, 11) is 0. The van der Waals surface area contributed by atoms with Crippen LogP contribution in [0.4, 0.5) is 0 Å². The van der Waals surface area contributed by atoms with Gasteiger partial charge in [0.25, 0.3) is 5.43 Å². The van der Waals surface area contributed by atoms with Crippen molar-refractivity contribution in [2.45, 2.75) is 18.9 Å². The highest BCUT2D eigenvalue weighted by Crippen LogP contribution is 2.01. The van der Waals surface area contributed by atoms with Crippen LogP contribution in [-0.4, -0.2) is 33.7 Å². The molecule has 2 aromatic carbocycles. The lowest BCUT2D eigenvalue weighted by Crippen LogP contribution is -2.30. The maximum absolute atomic E-state index is 11.0. The van der Waals surface area contributed by atoms with E-state index in [0.717, 1.165) is 0 Å². The molecule has 0 bridgehead atoms. The van der Waals surface area contributed by atoms with Crippen LogP contribution < -0.4 is 22.0 Å². The summed E-state index contributed by atoms with van der Waals surface area (Å²) < 4.78 is 0. The smallest absolute Gasteiger partial charge is 0.320 e. The van der Waals surface area contributed by atoms with Crippen LogP contribution in [0, 0.1) is 0 Å². The summed E-state index contributed by atoms with van der Waals surface area (Å²) in [6, 6.07) is 5.17. The van der Waals surface area contributed by atoms with Gasteiger partial charge in [-0.3, -0.25) is 24.0 Å². The Morgan fingerprint density at radius 1 is 0.957 bits per heavy atom. The second kappa shape index (κ2) is 8.51. The van der Waals surface area contributed by atoms with Gasteiger partial charge in [-0.15, -0.1) is 0 Å². The van der Waals surface area contributed by atoms with Gasteiger partial charge in [-0.05, 0) is 6.42 Å². The lowest BCUT2D eigenvalue weighted by atomic mass is 10.2. The SMILES string of the molecule is N[C@@H](CCC(=O)O)C(=O)O.O.O=c1c(=O)c2ccccc2c1=O. The van der Waals surface area contributed by atoms with Crippen molar-refractivity contribution in [1.29, 1.82) is 0 Å². The monoisotopic (exact) mass is 325 g/mol. The van der Waals surface area contributed by atoms with Crippen LogP contribution in [0.3, 0.4) is 0 Å². The Balaban J connectivity index is 0.000000412. The molecule has 0 saturated heterocycles. The summed E-state index contributed by atoms with van der Waals surface area (Å²) in [4.78, 5) is 52.8. The third kappa shape index (κ3) is 5.09. The van der Waals surface area contributed by atoms with E-state index in [2.05, 4.69) is 0 Å². The molecule has 0 heterocycles. The van der Waals surface area contributed by atoms with Crippen molar-refractivity contribution in [2.24, 2.45) is 5.73 Å². The van der Waals surface area contributed by atoms with Crippen molar-refractivity contribution in [3.63, 3.8) is 0 Å². The molecule has 0 radical (unpaired) electrons. The predicted molar refractivity (Wildman–Crippen MR) is 81.2 cm³/mol. The summed E-state index contributed by atoms with van der Waals surface area (Å²) in [6.45, 7) is 0. The Morgan fingerprint density at radius 2 is 1.39 bits per heavy atom. The minimum atomic E-state index is -1.17. The van der Waals surface area contributed by atoms with E-state index in [4.69, 9.17) is 15.9 Å². The van der Waals surface area contributed by atoms with Gasteiger partial charge in [0.2, 0.25) is 10.9 Å². The van der Waals surface area contributed by atoms with Gasteiger partial charge in [0.1, 0.15) is 6.04 Å². The number of fused-ring (bicyclic) bond motifs is 1. The van der Waals surface area contributed by atoms with E-state index in [-0.39, 0.29) is 29.1 Å². The Bertz CT molecular complexity index is 785. The normalized spacial score (nSPS) is 11.0. The van der Waals surface area contributed by atoms with Crippen LogP contribution in [-0.2, 0) is 9.59 Å². The van der Waals surface area contributed by atoms with Crippen LogP contribution in [0.1, 0.15) is 12.8 Å². The fourth-order valence-electron chi connectivity index (χ4n) is 1.63. The van der Waals surface area contributed by atoms with Crippen molar-refractivity contribution < 1.29 is 25.3 Å². The molecule has 2 aromatic rings. The zero-order valence-corrected chi connectivity index (χ0v) is 11.8. The van der Waals surface area contributed by atoms with E-state index in [0.29, 0.717) is 0 Å². The number of aliphatic carboxylic acids is 2. The number of carbonyl (C=O) groups is 2. The highest BCUT2D eigenvalue weighted by atomic mass is 16.4. The van der Waals surface area contributed by atoms with Crippen molar-refractivity contribution in [3.8, 4) is 0 Å². The quantitative estimate of drug-likeness (QED) is 0.551. The van der Waals surface area contributed by atoms with Crippen LogP contribution >= 0.6 is 0 Å². The van der Waals surface area contributed by atoms with E-state index < -0.39 is 34.3 Å². The molecule has 23 heavy (non-hydrogen) atoms. The fourth-order valence-corrected chi connectivity index (χ4v) is 1.63. The number of carboxylic acid groups (broad SMARTS) is 2. The fraction of sp³-hybridized carbons (Fsp3) is 0.214. The zero-order valence-electron chi connectivity index (χ0n) is 11.8. The minimum Gasteiger partial charge on any atom is -0.481 e. The summed E-state index contributed by atoms with van der Waals surface area (Å²) in [5.74, 6) is -2.20. The Kier molecular flexibility index (Phi) is 7.44. The summed E-state index contributed by atoms with van der Waals surface area (Å²) in [6.07, 6.45) is -0.224. The predicted octanol–water partition coefficient (Wildman–Crippen LogP) is -1.77. The molecule has 0 spiro atoms. The maximum atomic E-state index is 11.0. The van der Waals surface area contributed by atoms with Gasteiger partial charge < -0.3 is 21.4 Å². The Hall–Kier alpha value is -2.91. The van der Waals surface area contributed by atoms with E-state index >= 15 is 0 Å². The van der Waals surface area contributed by atoms with Crippen molar-refractivity contribution in [2.75, 3.05) is 0 Å². The average molecular weight is 325 g/mol. The highest BCUT2D eigenvalue weighted by molar-refractivity contribution is 5.83. The van der Waals surface area contributed by atoms with Gasteiger partial charge in [-0.2, -0.15) is 0 Å². The van der Waals surface area contributed by atoms with Gasteiger partial charge in [-0.25, -0.2) is 0 Å². The lowest BCUT2D eigenvalue weighted by Gasteiger charge is -2.01. The molecular formula is C14H15NO8. The number of benzene rings is 1. The molecule has 0 aromatic heterocycles. The second-order valence-corrected chi connectivity index (χ2v) is 4.41. The average Bonchev–Trinajstić information content (AvgIpc) is 2.70. The molecule has 0 aliphatic carbocycles. The summed E-state index contributed by atoms with van der Waals surface area (Å²) in [5.41, 5.74) is 2.71.